The number of carbonyl (C=O) groups excluding carboxylic acids is 2. The van der Waals surface area contributed by atoms with Crippen molar-refractivity contribution in [3.8, 4) is 0 Å². The van der Waals surface area contributed by atoms with Crippen LogP contribution < -0.4 is 0 Å². The molecule has 3 aliphatic rings. The summed E-state index contributed by atoms with van der Waals surface area (Å²) in [5, 5.41) is 49.0. The molecule has 4 rings (SSSR count). The van der Waals surface area contributed by atoms with Gasteiger partial charge in [-0.25, -0.2) is 4.90 Å². The number of amides is 2. The molecule has 2 saturated heterocycles. The van der Waals surface area contributed by atoms with E-state index in [2.05, 4.69) is 0 Å². The molecule has 3 heterocycles. The molecule has 3 aliphatic heterocycles. The average molecular weight is 469 g/mol. The van der Waals surface area contributed by atoms with Crippen LogP contribution in [0.2, 0.25) is 0 Å². The number of hydrogen-bond donors (Lipinski definition) is 5. The zero-order valence-electron chi connectivity index (χ0n) is 17.6. The predicted octanol–water partition coefficient (Wildman–Crippen LogP) is -2.06. The van der Waals surface area contributed by atoms with Gasteiger partial charge in [0.1, 0.15) is 37.3 Å². The van der Waals surface area contributed by atoms with Gasteiger partial charge in [-0.05, 0) is 18.6 Å². The number of nitrogens with zero attached hydrogens (tertiary/aromatic N) is 1. The van der Waals surface area contributed by atoms with Gasteiger partial charge in [0.2, 0.25) is 0 Å². The van der Waals surface area contributed by atoms with Gasteiger partial charge in [0.05, 0.1) is 30.4 Å². The van der Waals surface area contributed by atoms with E-state index in [1.807, 2.05) is 0 Å². The lowest BCUT2D eigenvalue weighted by Gasteiger charge is -2.43. The molecule has 12 heteroatoms. The molecule has 0 saturated carbocycles. The molecule has 2 fully saturated rings. The minimum absolute atomic E-state index is 0.280. The third-order valence-electron chi connectivity index (χ3n) is 6.03. The summed E-state index contributed by atoms with van der Waals surface area (Å²) >= 11 is 0. The summed E-state index contributed by atoms with van der Waals surface area (Å²) in [7, 11) is 0. The average Bonchev–Trinajstić information content (AvgIpc) is 3.08. The van der Waals surface area contributed by atoms with E-state index in [1.165, 1.54) is 0 Å². The number of fused-ring (bicyclic) bond motifs is 1. The monoisotopic (exact) mass is 469 g/mol. The van der Waals surface area contributed by atoms with Gasteiger partial charge in [-0.1, -0.05) is 12.1 Å². The third kappa shape index (κ3) is 4.67. The van der Waals surface area contributed by atoms with Gasteiger partial charge in [-0.2, -0.15) is 0 Å². The van der Waals surface area contributed by atoms with Crippen LogP contribution in [0.3, 0.4) is 0 Å². The van der Waals surface area contributed by atoms with Gasteiger partial charge >= 0.3 is 0 Å². The van der Waals surface area contributed by atoms with Gasteiger partial charge < -0.3 is 44.5 Å². The number of aliphatic hydroxyl groups excluding tert-OH is 5. The zero-order chi connectivity index (χ0) is 23.7. The molecular formula is C21H27NO11. The Morgan fingerprint density at radius 1 is 0.879 bits per heavy atom. The third-order valence-corrected chi connectivity index (χ3v) is 6.03. The lowest BCUT2D eigenvalue weighted by molar-refractivity contribution is -0.333. The number of aliphatic hydroxyl groups is 5. The lowest BCUT2D eigenvalue weighted by atomic mass is 9.99. The van der Waals surface area contributed by atoms with E-state index in [4.69, 9.17) is 18.9 Å². The molecule has 5 N–H and O–H groups in total. The summed E-state index contributed by atoms with van der Waals surface area (Å²) in [6.45, 7) is -1.38. The number of benzene rings is 1. The smallest absolute Gasteiger partial charge is 0.263 e. The Labute approximate surface area is 188 Å². The first-order chi connectivity index (χ1) is 15.8. The Bertz CT molecular complexity index is 829. The second-order valence-electron chi connectivity index (χ2n) is 8.12. The van der Waals surface area contributed by atoms with Gasteiger partial charge in [-0.3, -0.25) is 9.59 Å². The Morgan fingerprint density at radius 2 is 1.52 bits per heavy atom. The second-order valence-corrected chi connectivity index (χ2v) is 8.12. The Hall–Kier alpha value is -2.00. The summed E-state index contributed by atoms with van der Waals surface area (Å²) in [6, 6.07) is 6.46. The fourth-order valence-electron chi connectivity index (χ4n) is 4.14. The molecule has 1 aromatic carbocycles. The summed E-state index contributed by atoms with van der Waals surface area (Å²) in [4.78, 5) is 25.8. The minimum atomic E-state index is -1.59. The van der Waals surface area contributed by atoms with Crippen molar-refractivity contribution in [2.24, 2.45) is 0 Å². The molecule has 8 atom stereocenters. The molecular weight excluding hydrogens is 442 g/mol. The van der Waals surface area contributed by atoms with Crippen molar-refractivity contribution in [3.05, 3.63) is 35.4 Å². The second kappa shape index (κ2) is 10.1. The van der Waals surface area contributed by atoms with Crippen LogP contribution in [0.4, 0.5) is 0 Å². The number of hydrogen-bond acceptors (Lipinski definition) is 11. The quantitative estimate of drug-likeness (QED) is 0.278. The largest absolute Gasteiger partial charge is 0.394 e. The highest BCUT2D eigenvalue weighted by molar-refractivity contribution is 6.21. The van der Waals surface area contributed by atoms with E-state index in [0.717, 1.165) is 4.90 Å². The summed E-state index contributed by atoms with van der Waals surface area (Å²) in [5.41, 5.74) is 0.605. The van der Waals surface area contributed by atoms with Crippen molar-refractivity contribution in [2.75, 3.05) is 19.9 Å². The first-order valence-corrected chi connectivity index (χ1v) is 10.6. The van der Waals surface area contributed by atoms with Crippen LogP contribution in [-0.4, -0.2) is 111 Å². The summed E-state index contributed by atoms with van der Waals surface area (Å²) in [5.74, 6) is -0.928. The predicted molar refractivity (Wildman–Crippen MR) is 107 cm³/mol. The summed E-state index contributed by atoms with van der Waals surface area (Å²) in [6.07, 6.45) is -9.07. The normalized spacial score (nSPS) is 36.8. The molecule has 0 bridgehead atoms. The number of rotatable bonds is 7. The van der Waals surface area contributed by atoms with Crippen molar-refractivity contribution in [1.82, 2.24) is 4.90 Å². The first-order valence-electron chi connectivity index (χ1n) is 10.6. The van der Waals surface area contributed by atoms with Crippen molar-refractivity contribution in [2.45, 2.75) is 62.0 Å². The fraction of sp³-hybridized carbons (Fsp3) is 0.619. The van der Waals surface area contributed by atoms with Gasteiger partial charge in [0.25, 0.3) is 11.8 Å². The van der Waals surface area contributed by atoms with Gasteiger partial charge in [0, 0.05) is 6.42 Å². The van der Waals surface area contributed by atoms with Crippen molar-refractivity contribution in [1.29, 1.82) is 0 Å². The van der Waals surface area contributed by atoms with Crippen LogP contribution in [0.25, 0.3) is 0 Å². The summed E-state index contributed by atoms with van der Waals surface area (Å²) < 4.78 is 22.3. The van der Waals surface area contributed by atoms with Crippen molar-refractivity contribution in [3.63, 3.8) is 0 Å². The van der Waals surface area contributed by atoms with Crippen LogP contribution in [0, 0.1) is 0 Å². The van der Waals surface area contributed by atoms with Crippen molar-refractivity contribution >= 4 is 11.8 Å². The molecule has 182 valence electrons. The lowest BCUT2D eigenvalue weighted by Crippen LogP contribution is -2.60. The van der Waals surface area contributed by atoms with E-state index in [1.54, 1.807) is 24.3 Å². The molecule has 0 radical (unpaired) electrons. The Morgan fingerprint density at radius 3 is 2.12 bits per heavy atom. The molecule has 0 aromatic heterocycles. The van der Waals surface area contributed by atoms with E-state index in [9.17, 15) is 35.1 Å². The van der Waals surface area contributed by atoms with Crippen LogP contribution in [0.1, 0.15) is 33.6 Å². The molecule has 33 heavy (non-hydrogen) atoms. The maximum atomic E-state index is 12.4. The highest BCUT2D eigenvalue weighted by atomic mass is 16.7. The standard InChI is InChI=1S/C21H27NO11/c23-7-13-12(32-21-18(27)17(26)16(25)14(8-24)33-21)5-6-15(31-13)30-9-22-19(28)10-3-1-2-4-11(10)20(22)29/h1-4,12-18,21,23-27H,5-9H2/t12-,13+,14+,15-,16-,17-,18+,21+/m0/s1. The molecule has 12 nitrogen and oxygen atoms in total. The molecule has 0 aliphatic carbocycles. The Balaban J connectivity index is 1.32. The van der Waals surface area contributed by atoms with E-state index < -0.39 is 74.2 Å². The van der Waals surface area contributed by atoms with E-state index in [-0.39, 0.29) is 13.2 Å². The molecule has 0 unspecified atom stereocenters. The highest BCUT2D eigenvalue weighted by Crippen LogP contribution is 2.29. The van der Waals surface area contributed by atoms with Crippen LogP contribution in [0.5, 0.6) is 0 Å². The maximum absolute atomic E-state index is 12.4. The topological polar surface area (TPSA) is 175 Å². The van der Waals surface area contributed by atoms with E-state index in [0.29, 0.717) is 17.5 Å². The number of ether oxygens (including phenoxy) is 4. The zero-order valence-corrected chi connectivity index (χ0v) is 17.6. The fourth-order valence-corrected chi connectivity index (χ4v) is 4.14. The number of imide groups is 1. The molecule has 1 aromatic rings. The van der Waals surface area contributed by atoms with Crippen molar-refractivity contribution < 1.29 is 54.1 Å². The van der Waals surface area contributed by atoms with Gasteiger partial charge in [0.15, 0.2) is 12.6 Å². The molecule has 2 amide bonds. The molecule has 0 spiro atoms. The van der Waals surface area contributed by atoms with Crippen LogP contribution in [-0.2, 0) is 18.9 Å². The maximum Gasteiger partial charge on any atom is 0.263 e. The van der Waals surface area contributed by atoms with Crippen LogP contribution >= 0.6 is 0 Å². The minimum Gasteiger partial charge on any atom is -0.394 e. The van der Waals surface area contributed by atoms with Gasteiger partial charge in [-0.15, -0.1) is 0 Å². The Kier molecular flexibility index (Phi) is 7.38. The SMILES string of the molecule is O=C1c2ccccc2C(=O)N1CO[C@@H]1CC[C@H](O[C@@H]2O[C@H](CO)[C@H](O)[C@H](O)[C@H]2O)[C@@H](CO)O1. The van der Waals surface area contributed by atoms with E-state index >= 15 is 0 Å². The highest BCUT2D eigenvalue weighted by Gasteiger charge is 2.46. The number of carbonyl (C=O) groups is 2. The first kappa shape index (κ1) is 24.1. The van der Waals surface area contributed by atoms with Crippen LogP contribution in [0.15, 0.2) is 24.3 Å².